The molecule has 2 rings (SSSR count). The summed E-state index contributed by atoms with van der Waals surface area (Å²) in [6, 6.07) is 9.91. The Kier molecular flexibility index (Phi) is 7.24. The average Bonchev–Trinajstić information content (AvgIpc) is 2.61. The second-order valence-electron chi connectivity index (χ2n) is 6.14. The minimum atomic E-state index is -3.59. The van der Waals surface area contributed by atoms with E-state index in [-0.39, 0.29) is 23.8 Å². The van der Waals surface area contributed by atoms with E-state index in [1.807, 2.05) is 13.8 Å². The fourth-order valence-electron chi connectivity index (χ4n) is 2.41. The standard InChI is InChI=1S/C19H23ClN2O4S/c1-13-6-8-16(11-14(13)2)27(24,25)21-10-4-5-19(23)22-17-12-15(20)7-9-18(17)26-3/h6-9,11-12,21H,4-5,10H2,1-3H3,(H,22,23). The largest absolute Gasteiger partial charge is 0.495 e. The molecule has 0 aromatic heterocycles. The van der Waals surface area contributed by atoms with Crippen molar-refractivity contribution in [3.63, 3.8) is 0 Å². The second kappa shape index (κ2) is 9.21. The molecule has 0 atom stereocenters. The van der Waals surface area contributed by atoms with Crippen molar-refractivity contribution >= 4 is 33.2 Å². The zero-order valence-electron chi connectivity index (χ0n) is 15.5. The molecule has 0 heterocycles. The van der Waals surface area contributed by atoms with Crippen LogP contribution in [-0.4, -0.2) is 28.0 Å². The first-order valence-electron chi connectivity index (χ1n) is 8.43. The molecule has 8 heteroatoms. The summed E-state index contributed by atoms with van der Waals surface area (Å²) in [4.78, 5) is 12.3. The number of methoxy groups -OCH3 is 1. The predicted molar refractivity (Wildman–Crippen MR) is 107 cm³/mol. The van der Waals surface area contributed by atoms with Gasteiger partial charge in [-0.2, -0.15) is 0 Å². The molecule has 0 saturated heterocycles. The topological polar surface area (TPSA) is 84.5 Å². The van der Waals surface area contributed by atoms with Gasteiger partial charge in [-0.3, -0.25) is 4.79 Å². The van der Waals surface area contributed by atoms with Crippen LogP contribution >= 0.6 is 11.6 Å². The van der Waals surface area contributed by atoms with Crippen molar-refractivity contribution in [1.29, 1.82) is 0 Å². The summed E-state index contributed by atoms with van der Waals surface area (Å²) in [7, 11) is -2.09. The molecule has 2 aromatic rings. The first-order chi connectivity index (χ1) is 12.7. The highest BCUT2D eigenvalue weighted by molar-refractivity contribution is 7.89. The van der Waals surface area contributed by atoms with Crippen LogP contribution in [0.4, 0.5) is 5.69 Å². The minimum Gasteiger partial charge on any atom is -0.495 e. The number of amides is 1. The van der Waals surface area contributed by atoms with Gasteiger partial charge in [0.2, 0.25) is 15.9 Å². The number of rotatable bonds is 8. The lowest BCUT2D eigenvalue weighted by molar-refractivity contribution is -0.116. The number of aryl methyl sites for hydroxylation is 2. The highest BCUT2D eigenvalue weighted by Gasteiger charge is 2.14. The van der Waals surface area contributed by atoms with E-state index in [2.05, 4.69) is 10.0 Å². The predicted octanol–water partition coefficient (Wildman–Crippen LogP) is 3.66. The monoisotopic (exact) mass is 410 g/mol. The van der Waals surface area contributed by atoms with E-state index >= 15 is 0 Å². The quantitative estimate of drug-likeness (QED) is 0.650. The normalized spacial score (nSPS) is 11.3. The number of carbonyl (C=O) groups excluding carboxylic acids is 1. The molecule has 6 nitrogen and oxygen atoms in total. The van der Waals surface area contributed by atoms with Crippen LogP contribution in [0, 0.1) is 13.8 Å². The summed E-state index contributed by atoms with van der Waals surface area (Å²) < 4.78 is 32.3. The molecule has 0 aliphatic rings. The third-order valence-electron chi connectivity index (χ3n) is 4.10. The van der Waals surface area contributed by atoms with Crippen molar-refractivity contribution in [2.24, 2.45) is 0 Å². The van der Waals surface area contributed by atoms with Gasteiger partial charge in [0.25, 0.3) is 0 Å². The van der Waals surface area contributed by atoms with Crippen LogP contribution in [0.15, 0.2) is 41.3 Å². The number of ether oxygens (including phenoxy) is 1. The number of halogens is 1. The van der Waals surface area contributed by atoms with Gasteiger partial charge in [-0.05, 0) is 61.7 Å². The van der Waals surface area contributed by atoms with Gasteiger partial charge in [-0.15, -0.1) is 0 Å². The van der Waals surface area contributed by atoms with Crippen LogP contribution in [-0.2, 0) is 14.8 Å². The number of hydrogen-bond donors (Lipinski definition) is 2. The van der Waals surface area contributed by atoms with Crippen LogP contribution in [0.5, 0.6) is 5.75 Å². The number of benzene rings is 2. The Labute approximate surface area is 164 Å². The SMILES string of the molecule is COc1ccc(Cl)cc1NC(=O)CCCNS(=O)(=O)c1ccc(C)c(C)c1. The summed E-state index contributed by atoms with van der Waals surface area (Å²) in [5.41, 5.74) is 2.42. The molecule has 0 unspecified atom stereocenters. The Hall–Kier alpha value is -2.09. The average molecular weight is 411 g/mol. The van der Waals surface area contributed by atoms with Gasteiger partial charge in [0, 0.05) is 18.0 Å². The third-order valence-corrected chi connectivity index (χ3v) is 5.79. The lowest BCUT2D eigenvalue weighted by atomic mass is 10.1. The van der Waals surface area contributed by atoms with Crippen molar-refractivity contribution in [2.45, 2.75) is 31.6 Å². The molecule has 0 spiro atoms. The molecule has 2 N–H and O–H groups in total. The van der Waals surface area contributed by atoms with Crippen LogP contribution in [0.1, 0.15) is 24.0 Å². The molecule has 27 heavy (non-hydrogen) atoms. The molecule has 0 aliphatic carbocycles. The number of hydrogen-bond acceptors (Lipinski definition) is 4. The van der Waals surface area contributed by atoms with Crippen molar-refractivity contribution in [1.82, 2.24) is 4.72 Å². The molecule has 0 bridgehead atoms. The Balaban J connectivity index is 1.86. The molecule has 0 saturated carbocycles. The lowest BCUT2D eigenvalue weighted by Gasteiger charge is -2.11. The van der Waals surface area contributed by atoms with Crippen molar-refractivity contribution < 1.29 is 17.9 Å². The zero-order chi connectivity index (χ0) is 20.0. The molecule has 146 valence electrons. The maximum atomic E-state index is 12.3. The van der Waals surface area contributed by atoms with Gasteiger partial charge >= 0.3 is 0 Å². The molecule has 0 fully saturated rings. The first kappa shape index (κ1) is 21.2. The van der Waals surface area contributed by atoms with Crippen molar-refractivity contribution in [3.05, 3.63) is 52.5 Å². The van der Waals surface area contributed by atoms with Gasteiger partial charge in [0.05, 0.1) is 17.7 Å². The van der Waals surface area contributed by atoms with Gasteiger partial charge in [0.15, 0.2) is 0 Å². The van der Waals surface area contributed by atoms with E-state index in [0.717, 1.165) is 11.1 Å². The van der Waals surface area contributed by atoms with Crippen molar-refractivity contribution in [3.8, 4) is 5.75 Å². The highest BCUT2D eigenvalue weighted by atomic mass is 35.5. The van der Waals surface area contributed by atoms with E-state index in [1.165, 1.54) is 7.11 Å². The Bertz CT molecular complexity index is 929. The Morgan fingerprint density at radius 1 is 1.11 bits per heavy atom. The van der Waals surface area contributed by atoms with Crippen LogP contribution in [0.3, 0.4) is 0 Å². The summed E-state index contributed by atoms with van der Waals surface area (Å²) in [6.07, 6.45) is 0.518. The third kappa shape index (κ3) is 5.95. The van der Waals surface area contributed by atoms with Crippen LogP contribution < -0.4 is 14.8 Å². The van der Waals surface area contributed by atoms with Gasteiger partial charge in [-0.1, -0.05) is 17.7 Å². The molecule has 0 aliphatic heterocycles. The van der Waals surface area contributed by atoms with E-state index in [9.17, 15) is 13.2 Å². The minimum absolute atomic E-state index is 0.158. The zero-order valence-corrected chi connectivity index (χ0v) is 17.1. The van der Waals surface area contributed by atoms with Gasteiger partial charge < -0.3 is 10.1 Å². The van der Waals surface area contributed by atoms with Crippen molar-refractivity contribution in [2.75, 3.05) is 19.0 Å². The van der Waals surface area contributed by atoms with E-state index in [1.54, 1.807) is 36.4 Å². The van der Waals surface area contributed by atoms with Gasteiger partial charge in [-0.25, -0.2) is 13.1 Å². The second-order valence-corrected chi connectivity index (χ2v) is 8.34. The number of carbonyl (C=O) groups is 1. The summed E-state index contributed by atoms with van der Waals surface area (Å²) in [6.45, 7) is 3.95. The smallest absolute Gasteiger partial charge is 0.240 e. The molecule has 1 amide bonds. The van der Waals surface area contributed by atoms with Gasteiger partial charge in [0.1, 0.15) is 5.75 Å². The number of anilines is 1. The summed E-state index contributed by atoms with van der Waals surface area (Å²) >= 11 is 5.93. The van der Waals surface area contributed by atoms with Crippen LogP contribution in [0.25, 0.3) is 0 Å². The first-order valence-corrected chi connectivity index (χ1v) is 10.3. The highest BCUT2D eigenvalue weighted by Crippen LogP contribution is 2.27. The summed E-state index contributed by atoms with van der Waals surface area (Å²) in [5, 5.41) is 3.20. The van der Waals surface area contributed by atoms with Crippen LogP contribution in [0.2, 0.25) is 5.02 Å². The molecular formula is C19H23ClN2O4S. The summed E-state index contributed by atoms with van der Waals surface area (Å²) in [5.74, 6) is 0.254. The van der Waals surface area contributed by atoms with E-state index in [4.69, 9.17) is 16.3 Å². The Morgan fingerprint density at radius 2 is 1.85 bits per heavy atom. The number of nitrogens with one attached hydrogen (secondary N) is 2. The fourth-order valence-corrected chi connectivity index (χ4v) is 3.74. The molecule has 0 radical (unpaired) electrons. The number of sulfonamides is 1. The maximum absolute atomic E-state index is 12.3. The van der Waals surface area contributed by atoms with E-state index in [0.29, 0.717) is 22.9 Å². The fraction of sp³-hybridized carbons (Fsp3) is 0.316. The lowest BCUT2D eigenvalue weighted by Crippen LogP contribution is -2.26. The molecule has 2 aromatic carbocycles. The molecular weight excluding hydrogens is 388 g/mol. The Morgan fingerprint density at radius 3 is 2.52 bits per heavy atom. The van der Waals surface area contributed by atoms with E-state index < -0.39 is 10.0 Å². The maximum Gasteiger partial charge on any atom is 0.240 e.